The number of halogens is 5. The van der Waals surface area contributed by atoms with Crippen LogP contribution in [0.15, 0.2) is 66.9 Å². The second-order valence-corrected chi connectivity index (χ2v) is 12.3. The number of aryl methyl sites for hydroxylation is 1. The molecule has 0 spiro atoms. The van der Waals surface area contributed by atoms with E-state index in [-0.39, 0.29) is 29.6 Å². The number of aliphatic carboxylic acids is 1. The summed E-state index contributed by atoms with van der Waals surface area (Å²) in [6.45, 7) is 1.50. The van der Waals surface area contributed by atoms with Crippen molar-refractivity contribution >= 4 is 23.4 Å². The Bertz CT molecular complexity index is 1540. The van der Waals surface area contributed by atoms with E-state index in [0.29, 0.717) is 61.2 Å². The lowest BCUT2D eigenvalue weighted by molar-refractivity contribution is -0.276. The number of carboxylic acids is 1. The van der Waals surface area contributed by atoms with Gasteiger partial charge >= 0.3 is 18.1 Å². The molecular formula is C35H38F5N3O4. The molecule has 3 aromatic rings. The minimum Gasteiger partial charge on any atom is -0.493 e. The van der Waals surface area contributed by atoms with E-state index >= 15 is 0 Å². The van der Waals surface area contributed by atoms with E-state index in [0.717, 1.165) is 24.0 Å². The maximum atomic E-state index is 14.3. The molecule has 47 heavy (non-hydrogen) atoms. The number of anilines is 2. The zero-order chi connectivity index (χ0) is 33.8. The van der Waals surface area contributed by atoms with Crippen molar-refractivity contribution in [3.63, 3.8) is 0 Å². The van der Waals surface area contributed by atoms with Crippen LogP contribution in [0, 0.1) is 11.8 Å². The predicted octanol–water partition coefficient (Wildman–Crippen LogP) is 7.75. The van der Waals surface area contributed by atoms with Crippen molar-refractivity contribution in [2.24, 2.45) is 11.8 Å². The topological polar surface area (TPSA) is 83.0 Å². The van der Waals surface area contributed by atoms with E-state index < -0.39 is 30.5 Å². The highest BCUT2D eigenvalue weighted by atomic mass is 19.4. The van der Waals surface area contributed by atoms with Crippen LogP contribution in [-0.4, -0.2) is 60.3 Å². The van der Waals surface area contributed by atoms with Crippen LogP contribution in [0.25, 0.3) is 0 Å². The van der Waals surface area contributed by atoms with Crippen molar-refractivity contribution in [1.82, 2.24) is 4.98 Å². The number of nitrogens with zero attached hydrogens (tertiary/aromatic N) is 3. The van der Waals surface area contributed by atoms with Crippen LogP contribution in [0.3, 0.4) is 0 Å². The first-order valence-electron chi connectivity index (χ1n) is 15.9. The molecule has 1 unspecified atom stereocenters. The fourth-order valence-electron chi connectivity index (χ4n) is 6.08. The lowest BCUT2D eigenvalue weighted by atomic mass is 9.91. The molecule has 1 saturated carbocycles. The van der Waals surface area contributed by atoms with Gasteiger partial charge in [0.05, 0.1) is 18.6 Å². The second kappa shape index (κ2) is 14.3. The third kappa shape index (κ3) is 8.39. The fourth-order valence-corrected chi connectivity index (χ4v) is 6.08. The van der Waals surface area contributed by atoms with E-state index in [2.05, 4.69) is 4.98 Å². The van der Waals surface area contributed by atoms with Crippen LogP contribution >= 0.6 is 0 Å². The molecule has 1 aliphatic heterocycles. The van der Waals surface area contributed by atoms with Crippen molar-refractivity contribution in [2.75, 3.05) is 36.0 Å². The SMILES string of the molecule is CCc1ccc(C(=O)N(CC(F)(F)C(F)(F)F)c2ccccn2)c(N2CCC(COc3cccc(C(CC(=O)O)C4CC4)c3)CC2)c1. The van der Waals surface area contributed by atoms with Gasteiger partial charge in [0.25, 0.3) is 5.91 Å². The van der Waals surface area contributed by atoms with Crippen LogP contribution in [0.2, 0.25) is 0 Å². The van der Waals surface area contributed by atoms with E-state index in [1.165, 1.54) is 30.5 Å². The number of aromatic nitrogens is 1. The number of piperidine rings is 1. The molecule has 2 heterocycles. The van der Waals surface area contributed by atoms with Crippen molar-refractivity contribution < 1.29 is 41.4 Å². The first-order chi connectivity index (χ1) is 22.4. The number of carbonyl (C=O) groups excluding carboxylic acids is 1. The number of pyridine rings is 1. The summed E-state index contributed by atoms with van der Waals surface area (Å²) < 4.78 is 74.5. The minimum atomic E-state index is -5.85. The van der Waals surface area contributed by atoms with Crippen LogP contribution in [0.4, 0.5) is 33.5 Å². The quantitative estimate of drug-likeness (QED) is 0.189. The molecule has 0 bridgehead atoms. The average molecular weight is 660 g/mol. The van der Waals surface area contributed by atoms with Gasteiger partial charge < -0.3 is 14.7 Å². The molecule has 12 heteroatoms. The summed E-state index contributed by atoms with van der Waals surface area (Å²) in [7, 11) is 0. The van der Waals surface area contributed by atoms with Gasteiger partial charge in [0.1, 0.15) is 18.1 Å². The Hall–Kier alpha value is -4.22. The normalized spacial score (nSPS) is 16.5. The van der Waals surface area contributed by atoms with Gasteiger partial charge in [0.15, 0.2) is 0 Å². The predicted molar refractivity (Wildman–Crippen MR) is 167 cm³/mol. The maximum Gasteiger partial charge on any atom is 0.455 e. The van der Waals surface area contributed by atoms with Crippen LogP contribution in [0.1, 0.15) is 66.4 Å². The first-order valence-corrected chi connectivity index (χ1v) is 15.9. The van der Waals surface area contributed by atoms with Crippen molar-refractivity contribution in [3.05, 3.63) is 83.6 Å². The van der Waals surface area contributed by atoms with E-state index in [1.807, 2.05) is 36.1 Å². The maximum absolute atomic E-state index is 14.3. The van der Waals surface area contributed by atoms with Crippen molar-refractivity contribution in [1.29, 1.82) is 0 Å². The third-order valence-corrected chi connectivity index (χ3v) is 8.96. The number of benzene rings is 2. The van der Waals surface area contributed by atoms with Crippen LogP contribution < -0.4 is 14.5 Å². The van der Waals surface area contributed by atoms with Gasteiger partial charge in [-0.2, -0.15) is 22.0 Å². The van der Waals surface area contributed by atoms with Gasteiger partial charge in [0.2, 0.25) is 0 Å². The largest absolute Gasteiger partial charge is 0.493 e. The zero-order valence-corrected chi connectivity index (χ0v) is 26.1. The van der Waals surface area contributed by atoms with E-state index in [4.69, 9.17) is 4.74 Å². The van der Waals surface area contributed by atoms with Crippen LogP contribution in [-0.2, 0) is 11.2 Å². The van der Waals surface area contributed by atoms with Gasteiger partial charge in [-0.3, -0.25) is 14.5 Å². The lowest BCUT2D eigenvalue weighted by Crippen LogP contribution is -2.49. The monoisotopic (exact) mass is 659 g/mol. The molecule has 1 N–H and O–H groups in total. The second-order valence-electron chi connectivity index (χ2n) is 12.3. The Morgan fingerprint density at radius 1 is 1.00 bits per heavy atom. The molecule has 1 aromatic heterocycles. The highest BCUT2D eigenvalue weighted by molar-refractivity contribution is 6.09. The Kier molecular flexibility index (Phi) is 10.4. The lowest BCUT2D eigenvalue weighted by Gasteiger charge is -2.35. The van der Waals surface area contributed by atoms with Crippen LogP contribution in [0.5, 0.6) is 5.75 Å². The summed E-state index contributed by atoms with van der Waals surface area (Å²) in [5.74, 6) is -6.09. The number of rotatable bonds is 13. The number of alkyl halides is 5. The van der Waals surface area contributed by atoms with E-state index in [9.17, 15) is 36.6 Å². The molecule has 5 rings (SSSR count). The number of carboxylic acid groups (broad SMARTS) is 1. The molecule has 2 aromatic carbocycles. The Morgan fingerprint density at radius 2 is 1.74 bits per heavy atom. The highest BCUT2D eigenvalue weighted by Crippen LogP contribution is 2.45. The number of ether oxygens (including phenoxy) is 1. The number of amides is 1. The van der Waals surface area contributed by atoms with Gasteiger partial charge in [-0.15, -0.1) is 0 Å². The molecule has 2 fully saturated rings. The van der Waals surface area contributed by atoms with Gasteiger partial charge in [-0.1, -0.05) is 31.2 Å². The number of hydrogen-bond donors (Lipinski definition) is 1. The van der Waals surface area contributed by atoms with Gasteiger partial charge in [-0.05, 0) is 97.4 Å². The molecule has 7 nitrogen and oxygen atoms in total. The molecular weight excluding hydrogens is 621 g/mol. The summed E-state index contributed by atoms with van der Waals surface area (Å²) in [6, 6.07) is 16.7. The molecule has 1 saturated heterocycles. The summed E-state index contributed by atoms with van der Waals surface area (Å²) in [4.78, 5) is 31.5. The molecule has 1 atom stereocenters. The number of carbonyl (C=O) groups is 2. The Balaban J connectivity index is 1.29. The molecule has 1 amide bonds. The third-order valence-electron chi connectivity index (χ3n) is 8.96. The van der Waals surface area contributed by atoms with Crippen molar-refractivity contribution in [2.45, 2.75) is 63.5 Å². The van der Waals surface area contributed by atoms with Gasteiger partial charge in [0, 0.05) is 25.0 Å². The molecule has 252 valence electrons. The van der Waals surface area contributed by atoms with Crippen molar-refractivity contribution in [3.8, 4) is 5.75 Å². The summed E-state index contributed by atoms with van der Waals surface area (Å²) >= 11 is 0. The zero-order valence-electron chi connectivity index (χ0n) is 26.1. The number of hydrogen-bond acceptors (Lipinski definition) is 5. The molecule has 0 radical (unpaired) electrons. The average Bonchev–Trinajstić information content (AvgIpc) is 3.90. The Morgan fingerprint density at radius 3 is 2.36 bits per heavy atom. The van der Waals surface area contributed by atoms with E-state index in [1.54, 1.807) is 12.1 Å². The Labute approximate surface area is 270 Å². The fraction of sp³-hybridized carbons (Fsp3) is 0.457. The summed E-state index contributed by atoms with van der Waals surface area (Å²) in [6.07, 6.45) is -0.456. The first kappa shape index (κ1) is 34.1. The summed E-state index contributed by atoms with van der Waals surface area (Å²) in [5.41, 5.74) is 2.34. The minimum absolute atomic E-state index is 0.0175. The smallest absolute Gasteiger partial charge is 0.455 e. The summed E-state index contributed by atoms with van der Waals surface area (Å²) in [5, 5.41) is 9.37. The van der Waals surface area contributed by atoms with Gasteiger partial charge in [-0.25, -0.2) is 4.98 Å². The standard InChI is InChI=1S/C35H38F5N3O4/c1-2-23-9-12-28(33(46)43(31-8-3-4-15-41-31)22-34(36,37)35(38,39)40)30(18-23)42-16-13-24(14-17-42)21-47-27-7-5-6-26(19-27)29(20-32(44)45)25-10-11-25/h3-9,12,15,18-19,24-25,29H,2,10-11,13-14,16-17,20-22H2,1H3,(H,44,45). The molecule has 2 aliphatic rings. The molecule has 1 aliphatic carbocycles. The highest BCUT2D eigenvalue weighted by Gasteiger charge is 2.59.